The van der Waals surface area contributed by atoms with E-state index in [1.54, 1.807) is 91.0 Å². The molecule has 0 fully saturated rings. The molecule has 14 nitrogen and oxygen atoms in total. The molecular weight excluding hydrogens is 671 g/mol. The Morgan fingerprint density at radius 1 is 0.796 bits per heavy atom. The number of aliphatic hydroxyl groups excluding tert-OH is 1. The summed E-state index contributed by atoms with van der Waals surface area (Å²) >= 11 is 0. The van der Waals surface area contributed by atoms with Crippen LogP contribution >= 0.6 is 7.60 Å². The van der Waals surface area contributed by atoms with E-state index in [9.17, 15) is 27.7 Å². The fourth-order valence-electron chi connectivity index (χ4n) is 4.42. The second kappa shape index (κ2) is 16.8. The standard InChI is InChI=1S/C33H37N6O8PS/c1-23(36-32(42)29(22-40)39-49(44,45)28-15-9-4-10-16-28)31(41)38-30(21-24-17-19-25(20-18-24)37-33(34)35)48(43,46-26-11-5-2-6-12-26)47-27-13-7-3-8-14-27/h2-20,23,29-30,39-40H,21-22H2,1H3,(H,36,42)(H,38,41)(H4,34,35,37)/t23-,29+,30?/m0/s1. The second-order valence-corrected chi connectivity index (χ2v) is 14.5. The molecule has 4 aromatic rings. The van der Waals surface area contributed by atoms with Crippen molar-refractivity contribution < 1.29 is 36.7 Å². The summed E-state index contributed by atoms with van der Waals surface area (Å²) in [5, 5.41) is 14.9. The van der Waals surface area contributed by atoms with Gasteiger partial charge in [0.25, 0.3) is 0 Å². The van der Waals surface area contributed by atoms with Crippen molar-refractivity contribution in [1.29, 1.82) is 0 Å². The third kappa shape index (κ3) is 10.6. The Balaban J connectivity index is 1.60. The Labute approximate surface area is 284 Å². The van der Waals surface area contributed by atoms with Crippen LogP contribution in [0.2, 0.25) is 0 Å². The molecule has 0 aliphatic carbocycles. The highest BCUT2D eigenvalue weighted by Crippen LogP contribution is 2.53. The Hall–Kier alpha value is -5.21. The largest absolute Gasteiger partial charge is 0.453 e. The molecular formula is C33H37N6O8PS. The molecule has 0 aliphatic heterocycles. The van der Waals surface area contributed by atoms with E-state index in [2.05, 4.69) is 20.3 Å². The number of rotatable bonds is 16. The molecule has 4 aromatic carbocycles. The summed E-state index contributed by atoms with van der Waals surface area (Å²) in [7, 11) is -8.51. The molecule has 0 aliphatic rings. The van der Waals surface area contributed by atoms with Gasteiger partial charge in [0.2, 0.25) is 21.8 Å². The van der Waals surface area contributed by atoms with E-state index in [0.29, 0.717) is 11.3 Å². The minimum Gasteiger partial charge on any atom is -0.415 e. The average Bonchev–Trinajstić information content (AvgIpc) is 3.08. The number of hydrogen-bond donors (Lipinski definition) is 6. The molecule has 0 saturated carbocycles. The SMILES string of the molecule is C[C@H](NC(=O)[C@@H](CO)NS(=O)(=O)c1ccccc1)C(=O)NC(Cc1ccc(N=C(N)N)cc1)P(=O)(Oc1ccccc1)Oc1ccccc1. The number of nitrogens with two attached hydrogens (primary N) is 2. The van der Waals surface area contributed by atoms with Crippen LogP contribution in [0.4, 0.5) is 5.69 Å². The lowest BCUT2D eigenvalue weighted by Crippen LogP contribution is -2.55. The van der Waals surface area contributed by atoms with Crippen molar-refractivity contribution in [3.8, 4) is 11.5 Å². The van der Waals surface area contributed by atoms with Gasteiger partial charge >= 0.3 is 7.60 Å². The zero-order chi connectivity index (χ0) is 35.4. The number of sulfonamides is 1. The zero-order valence-electron chi connectivity index (χ0n) is 26.4. The molecule has 1 unspecified atom stereocenters. The number of nitrogens with one attached hydrogen (secondary N) is 3. The van der Waals surface area contributed by atoms with Crippen LogP contribution in [0.3, 0.4) is 0 Å². The lowest BCUT2D eigenvalue weighted by molar-refractivity contribution is -0.130. The van der Waals surface area contributed by atoms with Crippen molar-refractivity contribution in [3.63, 3.8) is 0 Å². The van der Waals surface area contributed by atoms with E-state index < -0.39 is 53.9 Å². The van der Waals surface area contributed by atoms with E-state index in [1.807, 2.05) is 0 Å². The van der Waals surface area contributed by atoms with Crippen LogP contribution in [-0.2, 0) is 30.6 Å². The molecule has 0 saturated heterocycles. The fourth-order valence-corrected chi connectivity index (χ4v) is 7.47. The zero-order valence-corrected chi connectivity index (χ0v) is 28.1. The lowest BCUT2D eigenvalue weighted by atomic mass is 10.1. The van der Waals surface area contributed by atoms with Crippen LogP contribution in [0.1, 0.15) is 12.5 Å². The van der Waals surface area contributed by atoms with Gasteiger partial charge < -0.3 is 36.3 Å². The molecule has 8 N–H and O–H groups in total. The van der Waals surface area contributed by atoms with Gasteiger partial charge in [-0.25, -0.2) is 18.0 Å². The first-order valence-electron chi connectivity index (χ1n) is 14.9. The van der Waals surface area contributed by atoms with Crippen molar-refractivity contribution in [2.24, 2.45) is 16.5 Å². The molecule has 49 heavy (non-hydrogen) atoms. The highest BCUT2D eigenvalue weighted by atomic mass is 32.2. The molecule has 0 radical (unpaired) electrons. The summed E-state index contributed by atoms with van der Waals surface area (Å²) in [5.41, 5.74) is 12.0. The maximum atomic E-state index is 14.8. The quantitative estimate of drug-likeness (QED) is 0.0567. The normalized spacial score (nSPS) is 13.3. The summed E-state index contributed by atoms with van der Waals surface area (Å²) in [6, 6.07) is 27.5. The number of guanidine groups is 1. The number of benzene rings is 4. The molecule has 0 spiro atoms. The molecule has 16 heteroatoms. The predicted octanol–water partition coefficient (Wildman–Crippen LogP) is 2.77. The molecule has 0 heterocycles. The smallest absolute Gasteiger partial charge is 0.415 e. The maximum Gasteiger partial charge on any atom is 0.453 e. The van der Waals surface area contributed by atoms with Crippen molar-refractivity contribution >= 4 is 41.1 Å². The Morgan fingerprint density at radius 3 is 1.80 bits per heavy atom. The minimum absolute atomic E-state index is 0.0679. The number of aliphatic imine (C=N–C) groups is 1. The Kier molecular flexibility index (Phi) is 12.5. The molecule has 4 rings (SSSR count). The van der Waals surface area contributed by atoms with E-state index in [0.717, 1.165) is 0 Å². The van der Waals surface area contributed by atoms with Gasteiger partial charge in [0.1, 0.15) is 23.6 Å². The Morgan fingerprint density at radius 2 is 1.31 bits per heavy atom. The fraction of sp³-hybridized carbons (Fsp3) is 0.182. The van der Waals surface area contributed by atoms with Gasteiger partial charge in [-0.2, -0.15) is 4.72 Å². The second-order valence-electron chi connectivity index (χ2n) is 10.7. The summed E-state index contributed by atoms with van der Waals surface area (Å²) in [6.07, 6.45) is -0.0679. The molecule has 3 atom stereocenters. The minimum atomic E-state index is -4.33. The van der Waals surface area contributed by atoms with E-state index in [4.69, 9.17) is 20.5 Å². The summed E-state index contributed by atoms with van der Waals surface area (Å²) < 4.78 is 54.5. The van der Waals surface area contributed by atoms with Crippen LogP contribution < -0.4 is 35.9 Å². The number of nitrogens with zero attached hydrogens (tertiary/aromatic N) is 1. The van der Waals surface area contributed by atoms with E-state index in [-0.39, 0.29) is 28.8 Å². The number of hydrogen-bond acceptors (Lipinski definition) is 9. The van der Waals surface area contributed by atoms with Gasteiger partial charge in [-0.1, -0.05) is 66.7 Å². The van der Waals surface area contributed by atoms with Crippen LogP contribution in [0.5, 0.6) is 11.5 Å². The molecule has 0 bridgehead atoms. The molecule has 0 aromatic heterocycles. The first-order chi connectivity index (χ1) is 23.4. The number of amides is 2. The van der Waals surface area contributed by atoms with Crippen LogP contribution in [-0.4, -0.2) is 55.8 Å². The van der Waals surface area contributed by atoms with Gasteiger partial charge in [0, 0.05) is 6.42 Å². The van der Waals surface area contributed by atoms with Crippen LogP contribution in [0, 0.1) is 0 Å². The van der Waals surface area contributed by atoms with Gasteiger partial charge in [-0.3, -0.25) is 9.59 Å². The highest BCUT2D eigenvalue weighted by Gasteiger charge is 2.42. The monoisotopic (exact) mass is 708 g/mol. The first-order valence-corrected chi connectivity index (χ1v) is 18.0. The number of carbonyl (C=O) groups is 2. The number of para-hydroxylation sites is 2. The van der Waals surface area contributed by atoms with Crippen molar-refractivity contribution in [2.45, 2.75) is 36.1 Å². The van der Waals surface area contributed by atoms with Crippen molar-refractivity contribution in [2.75, 3.05) is 6.61 Å². The summed E-state index contributed by atoms with van der Waals surface area (Å²) in [4.78, 5) is 30.6. The number of carbonyl (C=O) groups excluding carboxylic acids is 2. The number of aliphatic hydroxyl groups is 1. The van der Waals surface area contributed by atoms with Gasteiger partial charge in [0.05, 0.1) is 17.2 Å². The predicted molar refractivity (Wildman–Crippen MR) is 185 cm³/mol. The van der Waals surface area contributed by atoms with Crippen molar-refractivity contribution in [1.82, 2.24) is 15.4 Å². The van der Waals surface area contributed by atoms with Gasteiger partial charge in [-0.05, 0) is 61.0 Å². The topological polar surface area (TPSA) is 225 Å². The van der Waals surface area contributed by atoms with Crippen LogP contribution in [0.25, 0.3) is 0 Å². The molecule has 258 valence electrons. The van der Waals surface area contributed by atoms with E-state index in [1.165, 1.54) is 31.2 Å². The van der Waals surface area contributed by atoms with Gasteiger partial charge in [-0.15, -0.1) is 0 Å². The Bertz CT molecular complexity index is 1830. The average molecular weight is 709 g/mol. The third-order valence-corrected chi connectivity index (χ3v) is 10.4. The highest BCUT2D eigenvalue weighted by molar-refractivity contribution is 7.89. The maximum absolute atomic E-state index is 14.8. The van der Waals surface area contributed by atoms with Gasteiger partial charge in [0.15, 0.2) is 11.7 Å². The van der Waals surface area contributed by atoms with Crippen molar-refractivity contribution in [3.05, 3.63) is 121 Å². The lowest BCUT2D eigenvalue weighted by Gasteiger charge is -2.29. The third-order valence-electron chi connectivity index (χ3n) is 6.87. The molecule has 2 amide bonds. The first kappa shape index (κ1) is 36.6. The van der Waals surface area contributed by atoms with E-state index >= 15 is 0 Å². The summed E-state index contributed by atoms with van der Waals surface area (Å²) in [6.45, 7) is 0.450. The van der Waals surface area contributed by atoms with Crippen LogP contribution in [0.15, 0.2) is 125 Å². The summed E-state index contributed by atoms with van der Waals surface area (Å²) in [5.74, 6) is -2.81.